The molecule has 0 saturated heterocycles. The highest BCUT2D eigenvalue weighted by Crippen LogP contribution is 2.32. The molecule has 3 heteroatoms. The van der Waals surface area contributed by atoms with Crippen LogP contribution in [-0.2, 0) is 11.2 Å². The Morgan fingerprint density at radius 3 is 2.47 bits per heavy atom. The minimum absolute atomic E-state index is 0.0844. The molecule has 1 aliphatic rings. The third-order valence-electron chi connectivity index (χ3n) is 4.09. The van der Waals surface area contributed by atoms with Gasteiger partial charge in [0.1, 0.15) is 0 Å². The summed E-state index contributed by atoms with van der Waals surface area (Å²) in [7, 11) is 0. The number of nitrogens with one attached hydrogen (secondary N) is 1. The Kier molecular flexibility index (Phi) is 5.40. The minimum Gasteiger partial charge on any atom is -0.294 e. The van der Waals surface area contributed by atoms with Crippen molar-refractivity contribution in [2.75, 3.05) is 0 Å². The summed E-state index contributed by atoms with van der Waals surface area (Å²) in [5.41, 5.74) is 4.96. The molecule has 1 aliphatic carbocycles. The van der Waals surface area contributed by atoms with E-state index < -0.39 is 0 Å². The van der Waals surface area contributed by atoms with Crippen molar-refractivity contribution in [3.63, 3.8) is 0 Å². The Hall–Kier alpha value is -1.35. The Morgan fingerprint density at radius 2 is 1.84 bits per heavy atom. The number of carbonyl (C=O) groups is 1. The molecule has 19 heavy (non-hydrogen) atoms. The van der Waals surface area contributed by atoms with Crippen LogP contribution in [0.25, 0.3) is 0 Å². The number of hydrogen-bond acceptors (Lipinski definition) is 2. The van der Waals surface area contributed by atoms with Gasteiger partial charge in [-0.25, -0.2) is 5.84 Å². The zero-order chi connectivity index (χ0) is 13.5. The van der Waals surface area contributed by atoms with Crippen LogP contribution in [0.15, 0.2) is 24.3 Å². The molecule has 0 atom stereocenters. The van der Waals surface area contributed by atoms with Gasteiger partial charge in [-0.1, -0.05) is 43.5 Å². The standard InChI is InChI=1S/C16H24N2O/c17-18-16(19)8-4-5-13-9-11-15(12-10-13)14-6-2-1-3-7-14/h9-12,14H,1-8,17H2,(H,18,19). The van der Waals surface area contributed by atoms with Crippen LogP contribution in [0.5, 0.6) is 0 Å². The Labute approximate surface area is 115 Å². The topological polar surface area (TPSA) is 55.1 Å². The molecule has 1 aromatic carbocycles. The number of hydrogen-bond donors (Lipinski definition) is 2. The number of carbonyl (C=O) groups excluding carboxylic acids is 1. The molecule has 0 aromatic heterocycles. The van der Waals surface area contributed by atoms with Gasteiger partial charge in [0.25, 0.3) is 0 Å². The summed E-state index contributed by atoms with van der Waals surface area (Å²) < 4.78 is 0. The Balaban J connectivity index is 1.82. The molecule has 1 amide bonds. The van der Waals surface area contributed by atoms with Gasteiger partial charge in [0.2, 0.25) is 5.91 Å². The first-order chi connectivity index (χ1) is 9.29. The van der Waals surface area contributed by atoms with Gasteiger partial charge in [-0.15, -0.1) is 0 Å². The summed E-state index contributed by atoms with van der Waals surface area (Å²) in [5.74, 6) is 5.74. The van der Waals surface area contributed by atoms with E-state index in [0.29, 0.717) is 6.42 Å². The quantitative estimate of drug-likeness (QED) is 0.485. The van der Waals surface area contributed by atoms with Crippen LogP contribution in [0.4, 0.5) is 0 Å². The molecule has 0 radical (unpaired) electrons. The Bertz CT molecular complexity index is 394. The maximum atomic E-state index is 11.0. The fourth-order valence-electron chi connectivity index (χ4n) is 2.92. The molecule has 0 spiro atoms. The fourth-order valence-corrected chi connectivity index (χ4v) is 2.92. The largest absolute Gasteiger partial charge is 0.294 e. The fraction of sp³-hybridized carbons (Fsp3) is 0.562. The molecule has 1 aromatic rings. The predicted octanol–water partition coefficient (Wildman–Crippen LogP) is 3.05. The summed E-state index contributed by atoms with van der Waals surface area (Å²) in [6, 6.07) is 8.97. The molecule has 1 fully saturated rings. The highest BCUT2D eigenvalue weighted by molar-refractivity contribution is 5.75. The average Bonchev–Trinajstić information content (AvgIpc) is 2.48. The number of rotatable bonds is 5. The third-order valence-corrected chi connectivity index (χ3v) is 4.09. The van der Waals surface area contributed by atoms with Crippen molar-refractivity contribution < 1.29 is 4.79 Å². The van der Waals surface area contributed by atoms with Gasteiger partial charge in [-0.3, -0.25) is 10.2 Å². The molecule has 3 N–H and O–H groups in total. The molecule has 1 saturated carbocycles. The monoisotopic (exact) mass is 260 g/mol. The SMILES string of the molecule is NNC(=O)CCCc1ccc(C2CCCCC2)cc1. The first-order valence-corrected chi connectivity index (χ1v) is 7.38. The van der Waals surface area contributed by atoms with Gasteiger partial charge < -0.3 is 0 Å². The van der Waals surface area contributed by atoms with E-state index in [9.17, 15) is 4.79 Å². The highest BCUT2D eigenvalue weighted by atomic mass is 16.2. The van der Waals surface area contributed by atoms with Crippen molar-refractivity contribution >= 4 is 5.91 Å². The van der Waals surface area contributed by atoms with Gasteiger partial charge in [0.05, 0.1) is 0 Å². The molecular formula is C16H24N2O. The van der Waals surface area contributed by atoms with Gasteiger partial charge in [-0.2, -0.15) is 0 Å². The molecule has 104 valence electrons. The van der Waals surface area contributed by atoms with Crippen molar-refractivity contribution in [1.29, 1.82) is 0 Å². The molecular weight excluding hydrogens is 236 g/mol. The predicted molar refractivity (Wildman–Crippen MR) is 77.5 cm³/mol. The zero-order valence-electron chi connectivity index (χ0n) is 11.5. The normalized spacial score (nSPS) is 16.3. The lowest BCUT2D eigenvalue weighted by Gasteiger charge is -2.22. The lowest BCUT2D eigenvalue weighted by Crippen LogP contribution is -2.29. The van der Waals surface area contributed by atoms with E-state index >= 15 is 0 Å². The number of benzene rings is 1. The minimum atomic E-state index is -0.0844. The number of amides is 1. The lowest BCUT2D eigenvalue weighted by molar-refractivity contribution is -0.121. The van der Waals surface area contributed by atoms with Crippen molar-refractivity contribution in [3.8, 4) is 0 Å². The van der Waals surface area contributed by atoms with Crippen LogP contribution in [0.3, 0.4) is 0 Å². The Morgan fingerprint density at radius 1 is 1.16 bits per heavy atom. The van der Waals surface area contributed by atoms with E-state index in [0.717, 1.165) is 18.8 Å². The zero-order valence-corrected chi connectivity index (χ0v) is 11.5. The van der Waals surface area contributed by atoms with Crippen LogP contribution in [0, 0.1) is 0 Å². The van der Waals surface area contributed by atoms with E-state index in [1.807, 2.05) is 0 Å². The smallest absolute Gasteiger partial charge is 0.233 e. The van der Waals surface area contributed by atoms with E-state index in [2.05, 4.69) is 29.7 Å². The van der Waals surface area contributed by atoms with Crippen molar-refractivity contribution in [2.24, 2.45) is 5.84 Å². The maximum Gasteiger partial charge on any atom is 0.233 e. The first kappa shape index (κ1) is 14.1. The number of hydrazine groups is 1. The van der Waals surface area contributed by atoms with Crippen LogP contribution in [-0.4, -0.2) is 5.91 Å². The van der Waals surface area contributed by atoms with Gasteiger partial charge in [0.15, 0.2) is 0 Å². The second-order valence-corrected chi connectivity index (χ2v) is 5.50. The van der Waals surface area contributed by atoms with Crippen LogP contribution < -0.4 is 11.3 Å². The van der Waals surface area contributed by atoms with Gasteiger partial charge in [0, 0.05) is 6.42 Å². The molecule has 2 rings (SSSR count). The first-order valence-electron chi connectivity index (χ1n) is 7.38. The van der Waals surface area contributed by atoms with Crippen LogP contribution in [0.1, 0.15) is 62.0 Å². The summed E-state index contributed by atoms with van der Waals surface area (Å²) in [5, 5.41) is 0. The molecule has 3 nitrogen and oxygen atoms in total. The molecule has 0 bridgehead atoms. The van der Waals surface area contributed by atoms with E-state index in [4.69, 9.17) is 5.84 Å². The van der Waals surface area contributed by atoms with Crippen molar-refractivity contribution in [2.45, 2.75) is 57.3 Å². The van der Waals surface area contributed by atoms with Crippen LogP contribution >= 0.6 is 0 Å². The van der Waals surface area contributed by atoms with Gasteiger partial charge >= 0.3 is 0 Å². The van der Waals surface area contributed by atoms with E-state index in [1.54, 1.807) is 0 Å². The summed E-state index contributed by atoms with van der Waals surface area (Å²) in [6.45, 7) is 0. The van der Waals surface area contributed by atoms with E-state index in [1.165, 1.54) is 43.2 Å². The second-order valence-electron chi connectivity index (χ2n) is 5.50. The van der Waals surface area contributed by atoms with Gasteiger partial charge in [-0.05, 0) is 42.7 Å². The third kappa shape index (κ3) is 4.35. The average molecular weight is 260 g/mol. The number of aryl methyl sites for hydroxylation is 1. The highest BCUT2D eigenvalue weighted by Gasteiger charge is 2.14. The second kappa shape index (κ2) is 7.29. The molecule has 0 aliphatic heterocycles. The summed E-state index contributed by atoms with van der Waals surface area (Å²) in [4.78, 5) is 11.0. The molecule has 0 heterocycles. The lowest BCUT2D eigenvalue weighted by atomic mass is 9.84. The van der Waals surface area contributed by atoms with Crippen LogP contribution in [0.2, 0.25) is 0 Å². The van der Waals surface area contributed by atoms with Crippen molar-refractivity contribution in [3.05, 3.63) is 35.4 Å². The van der Waals surface area contributed by atoms with Crippen molar-refractivity contribution in [1.82, 2.24) is 5.43 Å². The number of nitrogens with two attached hydrogens (primary N) is 1. The summed E-state index contributed by atoms with van der Waals surface area (Å²) >= 11 is 0. The van der Waals surface area contributed by atoms with E-state index in [-0.39, 0.29) is 5.91 Å². The molecule has 0 unspecified atom stereocenters. The summed E-state index contributed by atoms with van der Waals surface area (Å²) in [6.07, 6.45) is 9.14. The maximum absolute atomic E-state index is 11.0.